The molecule has 0 aliphatic heterocycles. The predicted molar refractivity (Wildman–Crippen MR) is 102 cm³/mol. The quantitative estimate of drug-likeness (QED) is 0.606. The zero-order valence-electron chi connectivity index (χ0n) is 14.7. The molecular formula is C20H17N5O2. The number of hydrogen-bond donors (Lipinski definition) is 1. The summed E-state index contributed by atoms with van der Waals surface area (Å²) < 4.78 is 1.77. The molecule has 0 fully saturated rings. The van der Waals surface area contributed by atoms with E-state index in [0.717, 1.165) is 11.3 Å². The van der Waals surface area contributed by atoms with Crippen molar-refractivity contribution in [3.05, 3.63) is 88.6 Å². The number of amides is 1. The summed E-state index contributed by atoms with van der Waals surface area (Å²) in [6.45, 7) is 0.376. The van der Waals surface area contributed by atoms with E-state index in [1.807, 2.05) is 36.5 Å². The van der Waals surface area contributed by atoms with E-state index in [1.165, 1.54) is 0 Å². The number of aromatic nitrogens is 4. The fourth-order valence-electron chi connectivity index (χ4n) is 2.97. The van der Waals surface area contributed by atoms with Crippen LogP contribution in [0, 0.1) is 0 Å². The van der Waals surface area contributed by atoms with Crippen molar-refractivity contribution in [3.8, 4) is 5.69 Å². The maximum atomic E-state index is 12.9. The summed E-state index contributed by atoms with van der Waals surface area (Å²) in [5.41, 5.74) is 1.76. The monoisotopic (exact) mass is 359 g/mol. The van der Waals surface area contributed by atoms with Crippen LogP contribution < -0.4 is 5.56 Å². The van der Waals surface area contributed by atoms with Crippen LogP contribution in [0.15, 0.2) is 71.8 Å². The molecule has 0 unspecified atom stereocenters. The summed E-state index contributed by atoms with van der Waals surface area (Å²) in [5, 5.41) is 11.7. The number of carbonyl (C=O) groups excluding carboxylic acids is 1. The average Bonchev–Trinajstić information content (AvgIpc) is 3.17. The van der Waals surface area contributed by atoms with E-state index in [-0.39, 0.29) is 17.2 Å². The zero-order valence-corrected chi connectivity index (χ0v) is 14.7. The van der Waals surface area contributed by atoms with Crippen molar-refractivity contribution in [3.63, 3.8) is 0 Å². The first-order chi connectivity index (χ1) is 13.1. The molecule has 2 heterocycles. The van der Waals surface area contributed by atoms with Gasteiger partial charge in [-0.2, -0.15) is 10.2 Å². The number of benzene rings is 2. The molecule has 0 radical (unpaired) electrons. The van der Waals surface area contributed by atoms with Crippen molar-refractivity contribution in [2.75, 3.05) is 7.05 Å². The van der Waals surface area contributed by atoms with Gasteiger partial charge in [-0.3, -0.25) is 9.59 Å². The molecule has 0 saturated heterocycles. The van der Waals surface area contributed by atoms with Gasteiger partial charge >= 0.3 is 0 Å². The molecule has 0 spiro atoms. The summed E-state index contributed by atoms with van der Waals surface area (Å²) >= 11 is 0. The molecule has 0 aliphatic rings. The van der Waals surface area contributed by atoms with Crippen LogP contribution in [0.5, 0.6) is 0 Å². The standard InChI is InChI=1S/C20H17N5O2/c1-24(12-14-11-21-25(13-14)15-7-3-2-4-8-15)20(27)18-16-9-5-6-10-17(16)19(26)23-22-18/h2-11,13H,12H2,1H3,(H,23,26). The molecule has 4 aromatic rings. The molecular weight excluding hydrogens is 342 g/mol. The number of nitrogens with one attached hydrogen (secondary N) is 1. The lowest BCUT2D eigenvalue weighted by molar-refractivity contribution is 0.0780. The van der Waals surface area contributed by atoms with E-state index in [9.17, 15) is 9.59 Å². The predicted octanol–water partition coefficient (Wildman–Crippen LogP) is 2.38. The first-order valence-electron chi connectivity index (χ1n) is 8.45. The second kappa shape index (κ2) is 6.87. The van der Waals surface area contributed by atoms with Gasteiger partial charge in [0.1, 0.15) is 0 Å². The van der Waals surface area contributed by atoms with E-state index in [1.54, 1.807) is 47.1 Å². The van der Waals surface area contributed by atoms with E-state index in [4.69, 9.17) is 0 Å². The van der Waals surface area contributed by atoms with Crippen molar-refractivity contribution in [2.45, 2.75) is 6.54 Å². The van der Waals surface area contributed by atoms with E-state index in [0.29, 0.717) is 17.3 Å². The minimum absolute atomic E-state index is 0.225. The van der Waals surface area contributed by atoms with Gasteiger partial charge in [0.15, 0.2) is 5.69 Å². The summed E-state index contributed by atoms with van der Waals surface area (Å²) in [5.74, 6) is -0.269. The number of nitrogens with zero attached hydrogens (tertiary/aromatic N) is 4. The number of hydrogen-bond acceptors (Lipinski definition) is 4. The minimum atomic E-state index is -0.311. The van der Waals surface area contributed by atoms with Crippen molar-refractivity contribution in [1.29, 1.82) is 0 Å². The Hall–Kier alpha value is -3.74. The zero-order chi connectivity index (χ0) is 18.8. The van der Waals surface area contributed by atoms with Gasteiger partial charge in [-0.05, 0) is 18.2 Å². The van der Waals surface area contributed by atoms with E-state index < -0.39 is 0 Å². The normalized spacial score (nSPS) is 10.9. The van der Waals surface area contributed by atoms with Gasteiger partial charge in [0, 0.05) is 30.7 Å². The summed E-state index contributed by atoms with van der Waals surface area (Å²) in [7, 11) is 1.70. The Morgan fingerprint density at radius 1 is 1.07 bits per heavy atom. The van der Waals surface area contributed by atoms with Crippen molar-refractivity contribution in [1.82, 2.24) is 24.9 Å². The molecule has 0 atom stereocenters. The fraction of sp³-hybridized carbons (Fsp3) is 0.100. The van der Waals surface area contributed by atoms with Crippen LogP contribution in [-0.4, -0.2) is 37.8 Å². The lowest BCUT2D eigenvalue weighted by Crippen LogP contribution is -2.28. The van der Waals surface area contributed by atoms with Gasteiger partial charge in [-0.25, -0.2) is 9.78 Å². The Labute approximate surface area is 154 Å². The van der Waals surface area contributed by atoms with Crippen LogP contribution in [0.4, 0.5) is 0 Å². The first kappa shape index (κ1) is 16.7. The molecule has 0 saturated carbocycles. The maximum absolute atomic E-state index is 12.9. The second-order valence-electron chi connectivity index (χ2n) is 6.24. The van der Waals surface area contributed by atoms with Crippen LogP contribution in [0.3, 0.4) is 0 Å². The Bertz CT molecular complexity index is 1160. The van der Waals surface area contributed by atoms with Gasteiger partial charge in [0.2, 0.25) is 0 Å². The third-order valence-electron chi connectivity index (χ3n) is 4.32. The number of carbonyl (C=O) groups is 1. The van der Waals surface area contributed by atoms with Gasteiger partial charge in [-0.15, -0.1) is 0 Å². The van der Waals surface area contributed by atoms with Gasteiger partial charge in [-0.1, -0.05) is 36.4 Å². The van der Waals surface area contributed by atoms with Crippen LogP contribution >= 0.6 is 0 Å². The largest absolute Gasteiger partial charge is 0.336 e. The van der Waals surface area contributed by atoms with Crippen LogP contribution in [0.1, 0.15) is 16.1 Å². The van der Waals surface area contributed by atoms with E-state index >= 15 is 0 Å². The molecule has 27 heavy (non-hydrogen) atoms. The average molecular weight is 359 g/mol. The number of rotatable bonds is 4. The number of fused-ring (bicyclic) bond motifs is 1. The third kappa shape index (κ3) is 3.22. The highest BCUT2D eigenvalue weighted by molar-refractivity contribution is 6.04. The molecule has 7 heteroatoms. The topological polar surface area (TPSA) is 83.9 Å². The molecule has 0 bridgehead atoms. The molecule has 1 amide bonds. The Kier molecular flexibility index (Phi) is 4.25. The minimum Gasteiger partial charge on any atom is -0.336 e. The third-order valence-corrected chi connectivity index (χ3v) is 4.32. The number of para-hydroxylation sites is 1. The van der Waals surface area contributed by atoms with Crippen LogP contribution in [0.2, 0.25) is 0 Å². The highest BCUT2D eigenvalue weighted by Crippen LogP contribution is 2.15. The first-order valence-corrected chi connectivity index (χ1v) is 8.45. The summed E-state index contributed by atoms with van der Waals surface area (Å²) in [6.07, 6.45) is 3.62. The highest BCUT2D eigenvalue weighted by atomic mass is 16.2. The second-order valence-corrected chi connectivity index (χ2v) is 6.24. The van der Waals surface area contributed by atoms with E-state index in [2.05, 4.69) is 15.3 Å². The van der Waals surface area contributed by atoms with Gasteiger partial charge in [0.25, 0.3) is 11.5 Å². The van der Waals surface area contributed by atoms with Crippen LogP contribution in [-0.2, 0) is 6.54 Å². The fourth-order valence-corrected chi connectivity index (χ4v) is 2.97. The molecule has 4 rings (SSSR count). The maximum Gasteiger partial charge on any atom is 0.274 e. The van der Waals surface area contributed by atoms with Crippen LogP contribution in [0.25, 0.3) is 16.5 Å². The summed E-state index contributed by atoms with van der Waals surface area (Å²) in [4.78, 5) is 26.3. The lowest BCUT2D eigenvalue weighted by atomic mass is 10.1. The molecule has 7 nitrogen and oxygen atoms in total. The smallest absolute Gasteiger partial charge is 0.274 e. The van der Waals surface area contributed by atoms with Crippen molar-refractivity contribution >= 4 is 16.7 Å². The molecule has 1 N–H and O–H groups in total. The summed E-state index contributed by atoms with van der Waals surface area (Å²) in [6, 6.07) is 16.7. The number of aromatic amines is 1. The Morgan fingerprint density at radius 3 is 2.56 bits per heavy atom. The lowest BCUT2D eigenvalue weighted by Gasteiger charge is -2.16. The molecule has 134 valence electrons. The van der Waals surface area contributed by atoms with Crippen molar-refractivity contribution < 1.29 is 4.79 Å². The molecule has 0 aliphatic carbocycles. The van der Waals surface area contributed by atoms with Gasteiger partial charge in [0.05, 0.1) is 17.3 Å². The Morgan fingerprint density at radius 2 is 1.78 bits per heavy atom. The van der Waals surface area contributed by atoms with Crippen molar-refractivity contribution in [2.24, 2.45) is 0 Å². The highest BCUT2D eigenvalue weighted by Gasteiger charge is 2.18. The molecule has 2 aromatic carbocycles. The Balaban J connectivity index is 1.58. The van der Waals surface area contributed by atoms with Gasteiger partial charge < -0.3 is 4.90 Å². The SMILES string of the molecule is CN(Cc1cnn(-c2ccccc2)c1)C(=O)c1n[nH]c(=O)c2ccccc12. The molecule has 2 aromatic heterocycles. The number of H-pyrrole nitrogens is 1.